The van der Waals surface area contributed by atoms with Gasteiger partial charge in [-0.15, -0.1) is 5.10 Å². The first-order chi connectivity index (χ1) is 13.2. The molecule has 0 radical (unpaired) electrons. The smallest absolute Gasteiger partial charge is 0.290 e. The van der Waals surface area contributed by atoms with Crippen LogP contribution in [0.4, 0.5) is 5.82 Å². The van der Waals surface area contributed by atoms with Gasteiger partial charge in [0.05, 0.1) is 25.2 Å². The van der Waals surface area contributed by atoms with Crippen molar-refractivity contribution in [3.05, 3.63) is 41.3 Å². The molecule has 0 aliphatic carbocycles. The van der Waals surface area contributed by atoms with Gasteiger partial charge < -0.3 is 9.64 Å². The molecular weight excluding hydrogens is 348 g/mol. The van der Waals surface area contributed by atoms with Crippen LogP contribution in [0.3, 0.4) is 0 Å². The number of aromatic nitrogens is 7. The van der Waals surface area contributed by atoms with Gasteiger partial charge in [-0.1, -0.05) is 5.21 Å². The molecule has 27 heavy (non-hydrogen) atoms. The molecule has 5 heterocycles. The zero-order valence-corrected chi connectivity index (χ0v) is 14.8. The third kappa shape index (κ3) is 2.91. The van der Waals surface area contributed by atoms with E-state index in [4.69, 9.17) is 4.74 Å². The summed E-state index contributed by atoms with van der Waals surface area (Å²) in [6.45, 7) is 3.66. The van der Waals surface area contributed by atoms with E-state index in [1.807, 2.05) is 6.07 Å². The highest BCUT2D eigenvalue weighted by Crippen LogP contribution is 2.39. The normalized spacial score (nSPS) is 19.0. The van der Waals surface area contributed by atoms with E-state index in [1.165, 1.54) is 17.2 Å². The van der Waals surface area contributed by atoms with Crippen LogP contribution in [0.5, 0.6) is 0 Å². The third-order valence-corrected chi connectivity index (χ3v) is 5.59. The summed E-state index contributed by atoms with van der Waals surface area (Å²) in [5, 5.41) is 10.4. The average molecular weight is 368 g/mol. The molecule has 1 N–H and O–H groups in total. The fourth-order valence-corrected chi connectivity index (χ4v) is 3.90. The number of hydrogen-bond donors (Lipinski definition) is 1. The Labute approximate surface area is 154 Å². The lowest BCUT2D eigenvalue weighted by Gasteiger charge is -2.38. The van der Waals surface area contributed by atoms with Crippen LogP contribution in [0.25, 0.3) is 11.5 Å². The highest BCUT2D eigenvalue weighted by molar-refractivity contribution is 5.44. The molecule has 3 aromatic rings. The number of piperidine rings is 1. The quantitative estimate of drug-likeness (QED) is 0.719. The molecule has 2 aliphatic heterocycles. The second-order valence-corrected chi connectivity index (χ2v) is 7.20. The number of rotatable bonds is 3. The number of nitrogens with zero attached hydrogens (tertiary/aromatic N) is 7. The van der Waals surface area contributed by atoms with Gasteiger partial charge in [0, 0.05) is 25.8 Å². The molecule has 3 aromatic heterocycles. The summed E-state index contributed by atoms with van der Waals surface area (Å²) < 4.78 is 8.61. The monoisotopic (exact) mass is 368 g/mol. The number of ether oxygens (including phenoxy) is 1. The Morgan fingerprint density at radius 2 is 2.00 bits per heavy atom. The Morgan fingerprint density at radius 3 is 2.74 bits per heavy atom. The highest BCUT2D eigenvalue weighted by atomic mass is 16.5. The van der Waals surface area contributed by atoms with E-state index < -0.39 is 0 Å². The van der Waals surface area contributed by atoms with Crippen LogP contribution < -0.4 is 10.5 Å². The van der Waals surface area contributed by atoms with Crippen molar-refractivity contribution in [1.82, 2.24) is 34.7 Å². The van der Waals surface area contributed by atoms with Crippen LogP contribution in [0.2, 0.25) is 0 Å². The Kier molecular flexibility index (Phi) is 3.78. The molecule has 2 saturated heterocycles. The summed E-state index contributed by atoms with van der Waals surface area (Å²) in [7, 11) is 0. The zero-order chi connectivity index (χ0) is 18.3. The predicted octanol–water partition coefficient (Wildman–Crippen LogP) is 0.543. The van der Waals surface area contributed by atoms with Crippen LogP contribution in [-0.2, 0) is 4.74 Å². The summed E-state index contributed by atoms with van der Waals surface area (Å²) in [6.07, 6.45) is 9.72. The van der Waals surface area contributed by atoms with E-state index in [0.717, 1.165) is 51.4 Å². The number of H-pyrrole nitrogens is 1. The van der Waals surface area contributed by atoms with E-state index in [-0.39, 0.29) is 5.56 Å². The summed E-state index contributed by atoms with van der Waals surface area (Å²) in [5.41, 5.74) is 0.473. The maximum Gasteiger partial charge on any atom is 0.290 e. The molecule has 1 spiro atoms. The average Bonchev–Trinajstić information content (AvgIpc) is 3.44. The van der Waals surface area contributed by atoms with Crippen LogP contribution in [0.15, 0.2) is 35.8 Å². The molecule has 2 fully saturated rings. The van der Waals surface area contributed by atoms with Crippen molar-refractivity contribution in [3.8, 4) is 11.5 Å². The topological polar surface area (TPSA) is 107 Å². The Hall–Kier alpha value is -3.01. The lowest BCUT2D eigenvalue weighted by molar-refractivity contribution is 0.133. The minimum absolute atomic E-state index is 0.262. The second-order valence-electron chi connectivity index (χ2n) is 7.20. The Bertz CT molecular complexity index is 977. The number of nitrogens with one attached hydrogen (secondary N) is 1. The lowest BCUT2D eigenvalue weighted by atomic mass is 9.78. The molecule has 0 atom stereocenters. The molecule has 5 rings (SSSR count). The van der Waals surface area contributed by atoms with Gasteiger partial charge in [-0.3, -0.25) is 9.89 Å². The van der Waals surface area contributed by atoms with Crippen molar-refractivity contribution in [1.29, 1.82) is 0 Å². The molecule has 0 unspecified atom stereocenters. The van der Waals surface area contributed by atoms with Crippen molar-refractivity contribution >= 4 is 5.82 Å². The fraction of sp³-hybridized carbons (Fsp3) is 0.471. The van der Waals surface area contributed by atoms with Gasteiger partial charge in [-0.05, 0) is 24.7 Å². The molecule has 0 aromatic carbocycles. The highest BCUT2D eigenvalue weighted by Gasteiger charge is 2.38. The predicted molar refractivity (Wildman–Crippen MR) is 96.2 cm³/mol. The maximum atomic E-state index is 12.2. The van der Waals surface area contributed by atoms with E-state index in [2.05, 4.69) is 30.3 Å². The van der Waals surface area contributed by atoms with Gasteiger partial charge in [0.2, 0.25) is 0 Å². The molecule has 2 aliphatic rings. The standard InChI is InChI=1S/C17H20N8O2/c26-16-13(24-7-4-20-22-24)10-25(21-16)15-9-14(18-12-19-15)23-5-1-17(2-6-23)3-8-27-11-17/h4,7,9-10,12H,1-3,5-6,8,11H2,(H,21,26). The van der Waals surface area contributed by atoms with Gasteiger partial charge in [0.1, 0.15) is 12.1 Å². The molecule has 0 amide bonds. The van der Waals surface area contributed by atoms with Gasteiger partial charge in [0.25, 0.3) is 5.56 Å². The number of hydrogen-bond acceptors (Lipinski definition) is 7. The van der Waals surface area contributed by atoms with Gasteiger partial charge in [-0.25, -0.2) is 19.3 Å². The molecule has 10 heteroatoms. The van der Waals surface area contributed by atoms with Crippen molar-refractivity contribution in [2.24, 2.45) is 5.41 Å². The third-order valence-electron chi connectivity index (χ3n) is 5.59. The molecule has 140 valence electrons. The largest absolute Gasteiger partial charge is 0.381 e. The van der Waals surface area contributed by atoms with Crippen LogP contribution in [-0.4, -0.2) is 61.0 Å². The maximum absolute atomic E-state index is 12.2. The summed E-state index contributed by atoms with van der Waals surface area (Å²) in [6, 6.07) is 1.89. The van der Waals surface area contributed by atoms with Gasteiger partial charge in [0.15, 0.2) is 11.5 Å². The second kappa shape index (κ2) is 6.31. The molecular formula is C17H20N8O2. The summed E-state index contributed by atoms with van der Waals surface area (Å²) in [5.74, 6) is 1.47. The lowest BCUT2D eigenvalue weighted by Crippen LogP contribution is -2.40. The first-order valence-electron chi connectivity index (χ1n) is 9.06. The summed E-state index contributed by atoms with van der Waals surface area (Å²) >= 11 is 0. The van der Waals surface area contributed by atoms with Crippen LogP contribution >= 0.6 is 0 Å². The summed E-state index contributed by atoms with van der Waals surface area (Å²) in [4.78, 5) is 23.2. The van der Waals surface area contributed by atoms with Crippen molar-refractivity contribution < 1.29 is 4.74 Å². The minimum atomic E-state index is -0.262. The first-order valence-corrected chi connectivity index (χ1v) is 9.06. The Balaban J connectivity index is 1.38. The number of aromatic amines is 1. The van der Waals surface area contributed by atoms with Crippen molar-refractivity contribution in [2.75, 3.05) is 31.2 Å². The Morgan fingerprint density at radius 1 is 1.15 bits per heavy atom. The van der Waals surface area contributed by atoms with E-state index >= 15 is 0 Å². The zero-order valence-electron chi connectivity index (χ0n) is 14.8. The van der Waals surface area contributed by atoms with E-state index in [1.54, 1.807) is 17.1 Å². The minimum Gasteiger partial charge on any atom is -0.381 e. The van der Waals surface area contributed by atoms with E-state index in [0.29, 0.717) is 16.9 Å². The number of anilines is 1. The van der Waals surface area contributed by atoms with Crippen molar-refractivity contribution in [3.63, 3.8) is 0 Å². The van der Waals surface area contributed by atoms with Crippen LogP contribution in [0, 0.1) is 5.41 Å². The molecule has 10 nitrogen and oxygen atoms in total. The van der Waals surface area contributed by atoms with Crippen LogP contribution in [0.1, 0.15) is 19.3 Å². The van der Waals surface area contributed by atoms with E-state index in [9.17, 15) is 4.79 Å². The van der Waals surface area contributed by atoms with Gasteiger partial charge >= 0.3 is 0 Å². The first kappa shape index (κ1) is 16.2. The molecule has 0 bridgehead atoms. The van der Waals surface area contributed by atoms with Gasteiger partial charge in [-0.2, -0.15) is 0 Å². The molecule has 0 saturated carbocycles. The SMILES string of the molecule is O=c1[nH]n(-c2cc(N3CCC4(CCOC4)CC3)ncn2)cc1-n1ccnn1. The van der Waals surface area contributed by atoms with Crippen molar-refractivity contribution in [2.45, 2.75) is 19.3 Å². The fourth-order valence-electron chi connectivity index (χ4n) is 3.90.